The lowest BCUT2D eigenvalue weighted by Gasteiger charge is -2.24. The zero-order valence-electron chi connectivity index (χ0n) is 13.3. The summed E-state index contributed by atoms with van der Waals surface area (Å²) in [6, 6.07) is 7.94. The van der Waals surface area contributed by atoms with Gasteiger partial charge in [-0.2, -0.15) is 0 Å². The van der Waals surface area contributed by atoms with Crippen molar-refractivity contribution in [2.75, 3.05) is 19.8 Å². The smallest absolute Gasteiger partial charge is 0.273 e. The Bertz CT molecular complexity index is 721. The largest absolute Gasteiger partial charge is 0.381 e. The lowest BCUT2D eigenvalue weighted by Crippen LogP contribution is -2.37. The number of halogens is 1. The van der Waals surface area contributed by atoms with E-state index >= 15 is 0 Å². The van der Waals surface area contributed by atoms with Gasteiger partial charge in [-0.1, -0.05) is 23.7 Å². The minimum atomic E-state index is 0.0564. The van der Waals surface area contributed by atoms with Gasteiger partial charge in [0.05, 0.1) is 6.61 Å². The van der Waals surface area contributed by atoms with Gasteiger partial charge in [0.1, 0.15) is 10.7 Å². The Morgan fingerprint density at radius 1 is 1.29 bits per heavy atom. The third-order valence-corrected chi connectivity index (χ3v) is 5.69. The predicted molar refractivity (Wildman–Crippen MR) is 95.5 cm³/mol. The molecular weight excluding hydrogens is 344 g/mol. The molecule has 0 radical (unpaired) electrons. The van der Waals surface area contributed by atoms with E-state index < -0.39 is 0 Å². The first kappa shape index (κ1) is 16.1. The molecule has 0 bridgehead atoms. The number of hydrogen-bond donors (Lipinski definition) is 0. The Morgan fingerprint density at radius 3 is 2.75 bits per heavy atom. The molecule has 1 aromatic heterocycles. The highest BCUT2D eigenvalue weighted by atomic mass is 35.5. The van der Waals surface area contributed by atoms with Gasteiger partial charge in [-0.05, 0) is 31.4 Å². The summed E-state index contributed by atoms with van der Waals surface area (Å²) < 4.78 is 5.45. The highest BCUT2D eigenvalue weighted by Crippen LogP contribution is 2.32. The number of ether oxygens (including phenoxy) is 1. The van der Waals surface area contributed by atoms with Crippen molar-refractivity contribution in [2.24, 2.45) is 5.92 Å². The molecular formula is C18H19ClN2O2S. The van der Waals surface area contributed by atoms with Crippen molar-refractivity contribution >= 4 is 28.8 Å². The van der Waals surface area contributed by atoms with Crippen molar-refractivity contribution < 1.29 is 9.53 Å². The van der Waals surface area contributed by atoms with Crippen LogP contribution in [-0.4, -0.2) is 41.6 Å². The van der Waals surface area contributed by atoms with Gasteiger partial charge in [-0.15, -0.1) is 11.3 Å². The van der Waals surface area contributed by atoms with E-state index in [4.69, 9.17) is 16.3 Å². The van der Waals surface area contributed by atoms with Crippen LogP contribution in [0.3, 0.4) is 0 Å². The van der Waals surface area contributed by atoms with E-state index in [1.54, 1.807) is 0 Å². The summed E-state index contributed by atoms with van der Waals surface area (Å²) in [6.45, 7) is 2.37. The first-order chi connectivity index (χ1) is 11.7. The zero-order valence-corrected chi connectivity index (χ0v) is 14.9. The molecule has 1 aliphatic heterocycles. The number of nitrogens with zero attached hydrogens (tertiary/aromatic N) is 2. The number of aromatic nitrogens is 1. The minimum absolute atomic E-state index is 0.0564. The number of carbonyl (C=O) groups excluding carboxylic acids is 1. The second-order valence-electron chi connectivity index (χ2n) is 6.46. The highest BCUT2D eigenvalue weighted by molar-refractivity contribution is 7.13. The monoisotopic (exact) mass is 362 g/mol. The molecule has 1 saturated heterocycles. The summed E-state index contributed by atoms with van der Waals surface area (Å²) in [5.74, 6) is 0.518. The van der Waals surface area contributed by atoms with E-state index in [2.05, 4.69) is 4.98 Å². The van der Waals surface area contributed by atoms with Crippen LogP contribution in [0.2, 0.25) is 5.02 Å². The number of amides is 1. The Kier molecular flexibility index (Phi) is 4.57. The fourth-order valence-electron chi connectivity index (χ4n) is 3.03. The summed E-state index contributed by atoms with van der Waals surface area (Å²) in [4.78, 5) is 19.5. The molecule has 2 aromatic rings. The number of rotatable bonds is 5. The minimum Gasteiger partial charge on any atom is -0.381 e. The molecule has 0 N–H and O–H groups in total. The number of benzene rings is 1. The molecule has 2 fully saturated rings. The maximum Gasteiger partial charge on any atom is 0.273 e. The van der Waals surface area contributed by atoms with E-state index in [0.717, 1.165) is 49.6 Å². The van der Waals surface area contributed by atoms with E-state index in [9.17, 15) is 4.79 Å². The molecule has 1 aliphatic carbocycles. The topological polar surface area (TPSA) is 42.4 Å². The molecule has 126 valence electrons. The zero-order chi connectivity index (χ0) is 16.5. The molecule has 2 heterocycles. The SMILES string of the molecule is O=C(c1csc(-c2ccc(Cl)cc2)n1)N(CC1CCOC1)C1CC1. The summed E-state index contributed by atoms with van der Waals surface area (Å²) in [5.41, 5.74) is 1.54. The first-order valence-electron chi connectivity index (χ1n) is 8.31. The molecule has 4 nitrogen and oxygen atoms in total. The van der Waals surface area contributed by atoms with Gasteiger partial charge in [-0.3, -0.25) is 4.79 Å². The van der Waals surface area contributed by atoms with Gasteiger partial charge < -0.3 is 9.64 Å². The van der Waals surface area contributed by atoms with E-state index in [1.807, 2.05) is 34.5 Å². The van der Waals surface area contributed by atoms with Gasteiger partial charge in [0.2, 0.25) is 0 Å². The van der Waals surface area contributed by atoms with Crippen molar-refractivity contribution in [3.63, 3.8) is 0 Å². The fourth-order valence-corrected chi connectivity index (χ4v) is 3.96. The standard InChI is InChI=1S/C18H19ClN2O2S/c19-14-3-1-13(2-4-14)17-20-16(11-24-17)18(22)21(15-5-6-15)9-12-7-8-23-10-12/h1-4,11-12,15H,5-10H2. The number of hydrogen-bond acceptors (Lipinski definition) is 4. The molecule has 1 atom stereocenters. The normalized spacial score (nSPS) is 20.3. The van der Waals surface area contributed by atoms with Crippen LogP contribution >= 0.6 is 22.9 Å². The van der Waals surface area contributed by atoms with E-state index in [1.165, 1.54) is 11.3 Å². The molecule has 24 heavy (non-hydrogen) atoms. The molecule has 2 aliphatic rings. The maximum absolute atomic E-state index is 12.9. The Hall–Kier alpha value is -1.43. The third kappa shape index (κ3) is 3.48. The predicted octanol–water partition coefficient (Wildman–Crippen LogP) is 4.10. The van der Waals surface area contributed by atoms with Crippen molar-refractivity contribution in [1.29, 1.82) is 0 Å². The van der Waals surface area contributed by atoms with E-state index in [0.29, 0.717) is 22.7 Å². The van der Waals surface area contributed by atoms with Gasteiger partial charge in [0.15, 0.2) is 0 Å². The number of thiazole rings is 1. The lowest BCUT2D eigenvalue weighted by molar-refractivity contribution is 0.0701. The van der Waals surface area contributed by atoms with Gasteiger partial charge in [0, 0.05) is 41.1 Å². The van der Waals surface area contributed by atoms with Crippen molar-refractivity contribution in [3.8, 4) is 10.6 Å². The summed E-state index contributed by atoms with van der Waals surface area (Å²) in [6.07, 6.45) is 3.25. The van der Waals surface area contributed by atoms with Crippen molar-refractivity contribution in [3.05, 3.63) is 40.4 Å². The Morgan fingerprint density at radius 2 is 2.08 bits per heavy atom. The van der Waals surface area contributed by atoms with Crippen LogP contribution in [0.4, 0.5) is 0 Å². The maximum atomic E-state index is 12.9. The first-order valence-corrected chi connectivity index (χ1v) is 9.56. The second-order valence-corrected chi connectivity index (χ2v) is 7.76. The van der Waals surface area contributed by atoms with Gasteiger partial charge in [0.25, 0.3) is 5.91 Å². The summed E-state index contributed by atoms with van der Waals surface area (Å²) >= 11 is 7.43. The molecule has 0 spiro atoms. The molecule has 1 amide bonds. The van der Waals surface area contributed by atoms with Crippen LogP contribution in [0, 0.1) is 5.92 Å². The second kappa shape index (κ2) is 6.82. The molecule has 6 heteroatoms. The number of carbonyl (C=O) groups is 1. The van der Waals surface area contributed by atoms with Crippen LogP contribution in [-0.2, 0) is 4.74 Å². The Labute approximate surface area is 150 Å². The molecule has 1 aromatic carbocycles. The van der Waals surface area contributed by atoms with Crippen molar-refractivity contribution in [1.82, 2.24) is 9.88 Å². The molecule has 4 rings (SSSR count). The fraction of sp³-hybridized carbons (Fsp3) is 0.444. The Balaban J connectivity index is 1.51. The van der Waals surface area contributed by atoms with Gasteiger partial charge in [-0.25, -0.2) is 4.98 Å². The average molecular weight is 363 g/mol. The highest BCUT2D eigenvalue weighted by Gasteiger charge is 2.36. The van der Waals surface area contributed by atoms with Crippen LogP contribution in [0.1, 0.15) is 29.8 Å². The van der Waals surface area contributed by atoms with Gasteiger partial charge >= 0.3 is 0 Å². The average Bonchev–Trinajstić information content (AvgIpc) is 3.10. The van der Waals surface area contributed by atoms with Crippen LogP contribution in [0.25, 0.3) is 10.6 Å². The van der Waals surface area contributed by atoms with Crippen LogP contribution in [0.5, 0.6) is 0 Å². The lowest BCUT2D eigenvalue weighted by atomic mass is 10.1. The van der Waals surface area contributed by atoms with Crippen LogP contribution in [0.15, 0.2) is 29.6 Å². The summed E-state index contributed by atoms with van der Waals surface area (Å²) in [5, 5.41) is 3.42. The quantitative estimate of drug-likeness (QED) is 0.804. The molecule has 1 unspecified atom stereocenters. The van der Waals surface area contributed by atoms with E-state index in [-0.39, 0.29) is 5.91 Å². The summed E-state index contributed by atoms with van der Waals surface area (Å²) in [7, 11) is 0. The van der Waals surface area contributed by atoms with Crippen molar-refractivity contribution in [2.45, 2.75) is 25.3 Å². The third-order valence-electron chi connectivity index (χ3n) is 4.54. The van der Waals surface area contributed by atoms with Crippen LogP contribution < -0.4 is 0 Å². The molecule has 1 saturated carbocycles.